The minimum absolute atomic E-state index is 0.161. The third-order valence-corrected chi connectivity index (χ3v) is 7.51. The number of methoxy groups -OCH3 is 4. The first-order chi connectivity index (χ1) is 18.5. The van der Waals surface area contributed by atoms with E-state index in [1.807, 2.05) is 48.5 Å². The van der Waals surface area contributed by atoms with Crippen LogP contribution in [0.15, 0.2) is 53.4 Å². The Morgan fingerprint density at radius 3 is 1.92 bits per heavy atom. The molecule has 1 aliphatic heterocycles. The molecule has 200 valence electrons. The highest BCUT2D eigenvalue weighted by molar-refractivity contribution is 7.99. The Morgan fingerprint density at radius 2 is 1.39 bits per heavy atom. The lowest BCUT2D eigenvalue weighted by molar-refractivity contribution is 0.0436. The van der Waals surface area contributed by atoms with Crippen LogP contribution in [0.4, 0.5) is 0 Å². The van der Waals surface area contributed by atoms with Gasteiger partial charge in [-0.3, -0.25) is 0 Å². The van der Waals surface area contributed by atoms with Crippen LogP contribution in [0.1, 0.15) is 41.7 Å². The summed E-state index contributed by atoms with van der Waals surface area (Å²) in [5.41, 5.74) is 2.22. The SMILES string of the molecule is COc1cc([C@H]2CC[C@H](c3cc(OC)c(OC)c(OC)c3)O2)cc(C#N)c1OCCSc1ccc(Cl)cc1. The molecule has 0 amide bonds. The van der Waals surface area contributed by atoms with E-state index in [0.29, 0.717) is 51.7 Å². The van der Waals surface area contributed by atoms with Crippen LogP contribution in [0, 0.1) is 11.3 Å². The number of rotatable bonds is 11. The summed E-state index contributed by atoms with van der Waals surface area (Å²) in [6.07, 6.45) is 1.22. The van der Waals surface area contributed by atoms with Gasteiger partial charge in [0, 0.05) is 15.7 Å². The van der Waals surface area contributed by atoms with E-state index in [0.717, 1.165) is 28.9 Å². The maximum atomic E-state index is 9.88. The molecule has 0 aromatic heterocycles. The monoisotopic (exact) mass is 555 g/mol. The summed E-state index contributed by atoms with van der Waals surface area (Å²) in [7, 11) is 6.34. The number of hydrogen-bond acceptors (Lipinski definition) is 8. The number of nitriles is 1. The normalized spacial score (nSPS) is 16.5. The van der Waals surface area contributed by atoms with E-state index in [2.05, 4.69) is 6.07 Å². The molecular weight excluding hydrogens is 526 g/mol. The Hall–Kier alpha value is -3.25. The lowest BCUT2D eigenvalue weighted by atomic mass is 10.0. The third kappa shape index (κ3) is 6.24. The summed E-state index contributed by atoms with van der Waals surface area (Å²) >= 11 is 7.60. The second kappa shape index (κ2) is 13.0. The van der Waals surface area contributed by atoms with Crippen LogP contribution in [-0.2, 0) is 4.74 Å². The molecule has 1 fully saturated rings. The lowest BCUT2D eigenvalue weighted by Gasteiger charge is -2.19. The summed E-state index contributed by atoms with van der Waals surface area (Å²) in [6, 6.07) is 17.5. The fraction of sp³-hybridized carbons (Fsp3) is 0.345. The van der Waals surface area contributed by atoms with E-state index in [9.17, 15) is 5.26 Å². The molecule has 3 aromatic carbocycles. The molecule has 4 rings (SSSR count). The van der Waals surface area contributed by atoms with Gasteiger partial charge in [0.1, 0.15) is 6.07 Å². The van der Waals surface area contributed by atoms with E-state index in [1.54, 1.807) is 40.2 Å². The molecule has 0 bridgehead atoms. The average Bonchev–Trinajstić information content (AvgIpc) is 3.45. The van der Waals surface area contributed by atoms with Gasteiger partial charge >= 0.3 is 0 Å². The molecule has 0 saturated carbocycles. The van der Waals surface area contributed by atoms with Gasteiger partial charge < -0.3 is 28.4 Å². The third-order valence-electron chi connectivity index (χ3n) is 6.28. The molecule has 0 unspecified atom stereocenters. The minimum Gasteiger partial charge on any atom is -0.493 e. The first-order valence-corrected chi connectivity index (χ1v) is 13.5. The number of thioether (sulfide) groups is 1. The molecule has 0 radical (unpaired) electrons. The van der Waals surface area contributed by atoms with Crippen LogP contribution in [0.3, 0.4) is 0 Å². The Labute approximate surface area is 232 Å². The van der Waals surface area contributed by atoms with Crippen LogP contribution in [0.2, 0.25) is 5.02 Å². The van der Waals surface area contributed by atoms with Crippen molar-refractivity contribution in [1.29, 1.82) is 5.26 Å². The quantitative estimate of drug-likeness (QED) is 0.185. The summed E-state index contributed by atoms with van der Waals surface area (Å²) in [4.78, 5) is 1.10. The zero-order valence-electron chi connectivity index (χ0n) is 21.8. The van der Waals surface area contributed by atoms with Crippen molar-refractivity contribution in [2.75, 3.05) is 40.8 Å². The number of halogens is 1. The van der Waals surface area contributed by atoms with E-state index >= 15 is 0 Å². The first-order valence-electron chi connectivity index (χ1n) is 12.1. The van der Waals surface area contributed by atoms with Crippen LogP contribution in [-0.4, -0.2) is 40.8 Å². The van der Waals surface area contributed by atoms with Crippen molar-refractivity contribution < 1.29 is 28.4 Å². The van der Waals surface area contributed by atoms with Gasteiger partial charge in [-0.1, -0.05) is 11.6 Å². The highest BCUT2D eigenvalue weighted by Crippen LogP contribution is 2.47. The van der Waals surface area contributed by atoms with Crippen molar-refractivity contribution in [1.82, 2.24) is 0 Å². The molecule has 0 N–H and O–H groups in total. The van der Waals surface area contributed by atoms with Crippen LogP contribution < -0.4 is 23.7 Å². The van der Waals surface area contributed by atoms with Gasteiger partial charge in [0.25, 0.3) is 0 Å². The van der Waals surface area contributed by atoms with Gasteiger partial charge in [-0.25, -0.2) is 0 Å². The van der Waals surface area contributed by atoms with Crippen molar-refractivity contribution >= 4 is 23.4 Å². The molecule has 1 aliphatic rings. The Morgan fingerprint density at radius 1 is 0.842 bits per heavy atom. The summed E-state index contributed by atoms with van der Waals surface area (Å²) in [6.45, 7) is 0.417. The summed E-state index contributed by atoms with van der Waals surface area (Å²) < 4.78 is 34.5. The highest BCUT2D eigenvalue weighted by atomic mass is 35.5. The number of ether oxygens (including phenoxy) is 6. The second-order valence-electron chi connectivity index (χ2n) is 8.51. The number of hydrogen-bond donors (Lipinski definition) is 0. The minimum atomic E-state index is -0.199. The van der Waals surface area contributed by atoms with Crippen molar-refractivity contribution in [3.8, 4) is 34.8 Å². The molecule has 7 nitrogen and oxygen atoms in total. The van der Waals surface area contributed by atoms with Gasteiger partial charge in [0.05, 0.1) is 52.8 Å². The van der Waals surface area contributed by atoms with Gasteiger partial charge in [-0.15, -0.1) is 11.8 Å². The van der Waals surface area contributed by atoms with Crippen molar-refractivity contribution in [3.05, 3.63) is 70.2 Å². The fourth-order valence-corrected chi connectivity index (χ4v) is 5.30. The van der Waals surface area contributed by atoms with Crippen molar-refractivity contribution in [3.63, 3.8) is 0 Å². The molecule has 1 saturated heterocycles. The average molecular weight is 556 g/mol. The maximum absolute atomic E-state index is 9.88. The molecule has 38 heavy (non-hydrogen) atoms. The standard InChI is InChI=1S/C29H30ClNO6S/c1-32-25-14-18(13-20(17-31)28(25)36-11-12-38-22-7-5-21(30)6-8-22)23-9-10-24(37-23)19-15-26(33-2)29(35-4)27(16-19)34-3/h5-8,13-16,23-24H,9-12H2,1-4H3/t23-,24-/m1/s1. The molecule has 9 heteroatoms. The lowest BCUT2D eigenvalue weighted by Crippen LogP contribution is -2.06. The largest absolute Gasteiger partial charge is 0.493 e. The van der Waals surface area contributed by atoms with Gasteiger partial charge in [-0.2, -0.15) is 5.26 Å². The van der Waals surface area contributed by atoms with Crippen molar-refractivity contribution in [2.24, 2.45) is 0 Å². The maximum Gasteiger partial charge on any atom is 0.203 e. The summed E-state index contributed by atoms with van der Waals surface area (Å²) in [5, 5.41) is 10.6. The predicted octanol–water partition coefficient (Wildman–Crippen LogP) is 7.01. The van der Waals surface area contributed by atoms with Crippen LogP contribution in [0.5, 0.6) is 28.7 Å². The zero-order chi connectivity index (χ0) is 27.1. The highest BCUT2D eigenvalue weighted by Gasteiger charge is 2.31. The molecule has 1 heterocycles. The molecule has 2 atom stereocenters. The van der Waals surface area contributed by atoms with Gasteiger partial charge in [0.2, 0.25) is 5.75 Å². The van der Waals surface area contributed by atoms with Gasteiger partial charge in [-0.05, 0) is 72.5 Å². The Kier molecular flexibility index (Phi) is 9.51. The molecular formula is C29H30ClNO6S. The number of nitrogens with zero attached hydrogens (tertiary/aromatic N) is 1. The summed E-state index contributed by atoms with van der Waals surface area (Å²) in [5.74, 6) is 3.36. The second-order valence-corrected chi connectivity index (χ2v) is 10.1. The smallest absolute Gasteiger partial charge is 0.203 e. The van der Waals surface area contributed by atoms with Crippen molar-refractivity contribution in [2.45, 2.75) is 29.9 Å². The van der Waals surface area contributed by atoms with E-state index < -0.39 is 0 Å². The zero-order valence-corrected chi connectivity index (χ0v) is 23.4. The molecule has 0 aliphatic carbocycles. The van der Waals surface area contributed by atoms with Crippen LogP contribution >= 0.6 is 23.4 Å². The van der Waals surface area contributed by atoms with E-state index in [1.165, 1.54) is 0 Å². The molecule has 3 aromatic rings. The Bertz CT molecular complexity index is 1270. The first kappa shape index (κ1) is 27.8. The van der Waals surface area contributed by atoms with E-state index in [-0.39, 0.29) is 12.2 Å². The fourth-order valence-electron chi connectivity index (χ4n) is 4.44. The topological polar surface area (TPSA) is 79.2 Å². The number of benzene rings is 3. The van der Waals surface area contributed by atoms with E-state index in [4.69, 9.17) is 40.0 Å². The Balaban J connectivity index is 1.47. The predicted molar refractivity (Wildman–Crippen MR) is 147 cm³/mol. The van der Waals surface area contributed by atoms with Crippen LogP contribution in [0.25, 0.3) is 0 Å². The van der Waals surface area contributed by atoms with Gasteiger partial charge in [0.15, 0.2) is 23.0 Å². The molecule has 0 spiro atoms.